The van der Waals surface area contributed by atoms with E-state index in [1.165, 1.54) is 12.1 Å². The summed E-state index contributed by atoms with van der Waals surface area (Å²) in [6, 6.07) is 4.37. The molecule has 1 saturated heterocycles. The second-order valence-electron chi connectivity index (χ2n) is 5.69. The summed E-state index contributed by atoms with van der Waals surface area (Å²) in [5, 5.41) is 9.58. The van der Waals surface area contributed by atoms with Crippen LogP contribution in [-0.4, -0.2) is 34.6 Å². The predicted molar refractivity (Wildman–Crippen MR) is 76.1 cm³/mol. The summed E-state index contributed by atoms with van der Waals surface area (Å²) in [5.74, 6) is -0.504. The van der Waals surface area contributed by atoms with Crippen LogP contribution in [0.2, 0.25) is 0 Å². The Hall–Kier alpha value is -1.42. The number of carbonyl (C=O) groups excluding carboxylic acids is 1. The number of hydrogen-bond acceptors (Lipinski definition) is 2. The van der Waals surface area contributed by atoms with E-state index in [0.717, 1.165) is 24.8 Å². The third-order valence-corrected chi connectivity index (χ3v) is 3.93. The zero-order valence-corrected chi connectivity index (χ0v) is 12.1. The fraction of sp³-hybridized carbons (Fsp3) is 0.562. The lowest BCUT2D eigenvalue weighted by Gasteiger charge is -2.36. The molecule has 1 aromatic carbocycles. The largest absolute Gasteiger partial charge is 0.393 e. The maximum Gasteiger partial charge on any atom is 0.254 e. The third kappa shape index (κ3) is 3.37. The molecule has 0 aromatic heterocycles. The lowest BCUT2D eigenvalue weighted by atomic mass is 9.95. The van der Waals surface area contributed by atoms with Crippen molar-refractivity contribution in [3.05, 3.63) is 35.1 Å². The van der Waals surface area contributed by atoms with Crippen molar-refractivity contribution in [2.24, 2.45) is 0 Å². The van der Waals surface area contributed by atoms with Crippen LogP contribution in [0.4, 0.5) is 4.39 Å². The molecule has 1 amide bonds. The molecule has 0 spiro atoms. The summed E-state index contributed by atoms with van der Waals surface area (Å²) in [7, 11) is 0. The number of aliphatic hydroxyl groups excluding tert-OH is 1. The summed E-state index contributed by atoms with van der Waals surface area (Å²) in [5.41, 5.74) is 1.22. The normalized spacial score (nSPS) is 20.8. The first-order valence-electron chi connectivity index (χ1n) is 7.24. The van der Waals surface area contributed by atoms with E-state index in [4.69, 9.17) is 0 Å². The summed E-state index contributed by atoms with van der Waals surface area (Å²) in [4.78, 5) is 14.4. The molecule has 1 fully saturated rings. The molecule has 2 atom stereocenters. The molecule has 0 aliphatic carbocycles. The number of nitrogens with zero attached hydrogens (tertiary/aromatic N) is 1. The summed E-state index contributed by atoms with van der Waals surface area (Å²) < 4.78 is 13.4. The first kappa shape index (κ1) is 15.0. The highest BCUT2D eigenvalue weighted by Gasteiger charge is 2.29. The molecule has 0 radical (unpaired) electrons. The van der Waals surface area contributed by atoms with Crippen LogP contribution in [0, 0.1) is 12.7 Å². The van der Waals surface area contributed by atoms with Crippen LogP contribution < -0.4 is 0 Å². The Balaban J connectivity index is 2.23. The number of amides is 1. The molecule has 1 heterocycles. The third-order valence-electron chi connectivity index (χ3n) is 3.93. The topological polar surface area (TPSA) is 40.5 Å². The van der Waals surface area contributed by atoms with Crippen LogP contribution >= 0.6 is 0 Å². The molecule has 3 nitrogen and oxygen atoms in total. The van der Waals surface area contributed by atoms with Gasteiger partial charge in [-0.15, -0.1) is 0 Å². The highest BCUT2D eigenvalue weighted by atomic mass is 19.1. The average molecular weight is 279 g/mol. The SMILES string of the molecule is Cc1ccc(F)cc1C(=O)N1CCCCC1CC(C)O. The Kier molecular flexibility index (Phi) is 4.76. The lowest BCUT2D eigenvalue weighted by Crippen LogP contribution is -2.45. The molecular formula is C16H22FNO2. The van der Waals surface area contributed by atoms with Crippen LogP contribution in [0.3, 0.4) is 0 Å². The molecule has 20 heavy (non-hydrogen) atoms. The van der Waals surface area contributed by atoms with E-state index < -0.39 is 6.10 Å². The van der Waals surface area contributed by atoms with Gasteiger partial charge in [0.15, 0.2) is 0 Å². The smallest absolute Gasteiger partial charge is 0.254 e. The maximum absolute atomic E-state index is 13.4. The Morgan fingerprint density at radius 3 is 2.95 bits per heavy atom. The molecule has 4 heteroatoms. The average Bonchev–Trinajstić information content (AvgIpc) is 2.41. The molecular weight excluding hydrogens is 257 g/mol. The first-order chi connectivity index (χ1) is 9.49. The van der Waals surface area contributed by atoms with Gasteiger partial charge in [0.05, 0.1) is 6.10 Å². The van der Waals surface area contributed by atoms with Crippen molar-refractivity contribution in [2.75, 3.05) is 6.54 Å². The van der Waals surface area contributed by atoms with Crippen LogP contribution in [0.1, 0.15) is 48.5 Å². The van der Waals surface area contributed by atoms with Crippen molar-refractivity contribution in [1.29, 1.82) is 0 Å². The van der Waals surface area contributed by atoms with Gasteiger partial charge in [-0.25, -0.2) is 4.39 Å². The first-order valence-corrected chi connectivity index (χ1v) is 7.24. The van der Waals surface area contributed by atoms with Gasteiger partial charge in [0.1, 0.15) is 5.82 Å². The molecule has 2 unspecified atom stereocenters. The van der Waals surface area contributed by atoms with Gasteiger partial charge in [0.2, 0.25) is 0 Å². The zero-order chi connectivity index (χ0) is 14.7. The van der Waals surface area contributed by atoms with Gasteiger partial charge >= 0.3 is 0 Å². The molecule has 2 rings (SSSR count). The number of hydrogen-bond donors (Lipinski definition) is 1. The van der Waals surface area contributed by atoms with Gasteiger partial charge in [-0.1, -0.05) is 6.07 Å². The van der Waals surface area contributed by atoms with Crippen LogP contribution in [0.25, 0.3) is 0 Å². The molecule has 110 valence electrons. The van der Waals surface area contributed by atoms with Gasteiger partial charge in [-0.3, -0.25) is 4.79 Å². The van der Waals surface area contributed by atoms with Crippen molar-refractivity contribution in [3.8, 4) is 0 Å². The summed E-state index contributed by atoms with van der Waals surface area (Å²) >= 11 is 0. The number of piperidine rings is 1. The minimum absolute atomic E-state index is 0.0546. The van der Waals surface area contributed by atoms with E-state index in [0.29, 0.717) is 18.5 Å². The quantitative estimate of drug-likeness (QED) is 0.924. The number of aliphatic hydroxyl groups is 1. The Bertz CT molecular complexity index is 487. The molecule has 1 aliphatic heterocycles. The standard InChI is InChI=1S/C16H22FNO2/c1-11-6-7-13(17)10-15(11)16(20)18-8-4-3-5-14(18)9-12(2)19/h6-7,10,12,14,19H,3-5,8-9H2,1-2H3. The van der Waals surface area contributed by atoms with Crippen molar-refractivity contribution >= 4 is 5.91 Å². The molecule has 0 bridgehead atoms. The molecule has 0 saturated carbocycles. The van der Waals surface area contributed by atoms with E-state index >= 15 is 0 Å². The number of benzene rings is 1. The Morgan fingerprint density at radius 2 is 2.25 bits per heavy atom. The van der Waals surface area contributed by atoms with Gasteiger partial charge < -0.3 is 10.0 Å². The minimum atomic E-state index is -0.429. The van der Waals surface area contributed by atoms with Crippen molar-refractivity contribution in [2.45, 2.75) is 51.7 Å². The van der Waals surface area contributed by atoms with E-state index in [9.17, 15) is 14.3 Å². The van der Waals surface area contributed by atoms with Gasteiger partial charge in [0.25, 0.3) is 5.91 Å². The van der Waals surface area contributed by atoms with E-state index in [1.807, 2.05) is 6.92 Å². The number of rotatable bonds is 3. The maximum atomic E-state index is 13.4. The number of carbonyl (C=O) groups is 1. The van der Waals surface area contributed by atoms with Crippen LogP contribution in [-0.2, 0) is 0 Å². The second-order valence-corrected chi connectivity index (χ2v) is 5.69. The second kappa shape index (κ2) is 6.35. The predicted octanol–water partition coefficient (Wildman–Crippen LogP) is 2.90. The monoisotopic (exact) mass is 279 g/mol. The lowest BCUT2D eigenvalue weighted by molar-refractivity contribution is 0.0514. The van der Waals surface area contributed by atoms with E-state index in [-0.39, 0.29) is 17.8 Å². The van der Waals surface area contributed by atoms with Crippen molar-refractivity contribution in [3.63, 3.8) is 0 Å². The van der Waals surface area contributed by atoms with Gasteiger partial charge in [0, 0.05) is 18.2 Å². The number of aryl methyl sites for hydroxylation is 1. The summed E-state index contributed by atoms with van der Waals surface area (Å²) in [6.07, 6.45) is 3.10. The highest BCUT2D eigenvalue weighted by molar-refractivity contribution is 5.95. The van der Waals surface area contributed by atoms with Crippen molar-refractivity contribution in [1.82, 2.24) is 4.90 Å². The summed E-state index contributed by atoms with van der Waals surface area (Å²) in [6.45, 7) is 4.25. The Morgan fingerprint density at radius 1 is 1.50 bits per heavy atom. The fourth-order valence-corrected chi connectivity index (χ4v) is 2.89. The Labute approximate surface area is 119 Å². The number of halogens is 1. The van der Waals surface area contributed by atoms with Crippen LogP contribution in [0.5, 0.6) is 0 Å². The molecule has 1 N–H and O–H groups in total. The van der Waals surface area contributed by atoms with E-state index in [1.54, 1.807) is 17.9 Å². The molecule has 1 aromatic rings. The van der Waals surface area contributed by atoms with Crippen LogP contribution in [0.15, 0.2) is 18.2 Å². The van der Waals surface area contributed by atoms with Gasteiger partial charge in [-0.2, -0.15) is 0 Å². The van der Waals surface area contributed by atoms with Crippen molar-refractivity contribution < 1.29 is 14.3 Å². The molecule has 1 aliphatic rings. The highest BCUT2D eigenvalue weighted by Crippen LogP contribution is 2.24. The van der Waals surface area contributed by atoms with E-state index in [2.05, 4.69) is 0 Å². The fourth-order valence-electron chi connectivity index (χ4n) is 2.89. The zero-order valence-electron chi connectivity index (χ0n) is 12.1. The minimum Gasteiger partial charge on any atom is -0.393 e. The number of likely N-dealkylation sites (tertiary alicyclic amines) is 1. The van der Waals surface area contributed by atoms with Gasteiger partial charge in [-0.05, 0) is 57.2 Å².